The Balaban J connectivity index is 1.87. The first-order chi connectivity index (χ1) is 15.3. The standard InChI is InChI=1S/C23H24FN5O3/c1-16-6-5-7-17(14-16)15-28-22(31)20(21(30)27-12-10-26(2)11-13-27)25-29(23(28)32)19-9-4-3-8-18(19)24/h3-9,14H,10-13,15H2,1-2H3. The fraction of sp³-hybridized carbons (Fsp3) is 0.304. The second kappa shape index (κ2) is 8.88. The van der Waals surface area contributed by atoms with Crippen LogP contribution in [-0.4, -0.2) is 63.3 Å². The van der Waals surface area contributed by atoms with Crippen LogP contribution in [0.1, 0.15) is 21.6 Å². The van der Waals surface area contributed by atoms with E-state index in [0.717, 1.165) is 14.8 Å². The zero-order valence-electron chi connectivity index (χ0n) is 18.0. The van der Waals surface area contributed by atoms with Crippen molar-refractivity contribution in [3.63, 3.8) is 0 Å². The summed E-state index contributed by atoms with van der Waals surface area (Å²) in [4.78, 5) is 43.2. The molecule has 0 bridgehead atoms. The van der Waals surface area contributed by atoms with Crippen LogP contribution < -0.4 is 11.2 Å². The highest BCUT2D eigenvalue weighted by Gasteiger charge is 2.27. The maximum Gasteiger partial charge on any atom is 0.352 e. The third kappa shape index (κ3) is 4.24. The largest absolute Gasteiger partial charge is 0.352 e. The number of rotatable bonds is 4. The summed E-state index contributed by atoms with van der Waals surface area (Å²) in [6.45, 7) is 4.05. The molecule has 166 valence electrons. The van der Waals surface area contributed by atoms with Crippen LogP contribution in [0.15, 0.2) is 58.1 Å². The van der Waals surface area contributed by atoms with Gasteiger partial charge in [-0.25, -0.2) is 9.18 Å². The number of benzene rings is 2. The lowest BCUT2D eigenvalue weighted by Crippen LogP contribution is -2.51. The summed E-state index contributed by atoms with van der Waals surface area (Å²) in [6.07, 6.45) is 0. The van der Waals surface area contributed by atoms with Gasteiger partial charge in [0.25, 0.3) is 11.5 Å². The van der Waals surface area contributed by atoms with E-state index in [1.807, 2.05) is 32.2 Å². The number of likely N-dealkylation sites (N-methyl/N-ethyl adjacent to an activating group) is 1. The highest BCUT2D eigenvalue weighted by Crippen LogP contribution is 2.11. The first kappa shape index (κ1) is 21.6. The van der Waals surface area contributed by atoms with Crippen molar-refractivity contribution in [2.24, 2.45) is 0 Å². The Morgan fingerprint density at radius 1 is 1.03 bits per heavy atom. The lowest BCUT2D eigenvalue weighted by molar-refractivity contribution is 0.0652. The minimum atomic E-state index is -0.809. The maximum atomic E-state index is 14.5. The first-order valence-corrected chi connectivity index (χ1v) is 10.4. The van der Waals surface area contributed by atoms with Gasteiger partial charge >= 0.3 is 5.69 Å². The van der Waals surface area contributed by atoms with E-state index in [9.17, 15) is 18.8 Å². The molecule has 3 aromatic rings. The molecule has 4 rings (SSSR count). The van der Waals surface area contributed by atoms with Gasteiger partial charge in [0.05, 0.1) is 6.54 Å². The molecule has 1 fully saturated rings. The Labute approximate surface area is 184 Å². The van der Waals surface area contributed by atoms with Gasteiger partial charge < -0.3 is 9.80 Å². The van der Waals surface area contributed by atoms with Crippen molar-refractivity contribution >= 4 is 5.91 Å². The SMILES string of the molecule is Cc1cccc(Cn2c(=O)c(C(=O)N3CCN(C)CC3)nn(-c3ccccc3F)c2=O)c1. The van der Waals surface area contributed by atoms with Crippen molar-refractivity contribution in [3.8, 4) is 5.69 Å². The molecule has 32 heavy (non-hydrogen) atoms. The minimum Gasteiger partial charge on any atom is -0.335 e. The maximum absolute atomic E-state index is 14.5. The van der Waals surface area contributed by atoms with Crippen LogP contribution in [-0.2, 0) is 6.54 Å². The van der Waals surface area contributed by atoms with Crippen LogP contribution in [0.3, 0.4) is 0 Å². The third-order valence-electron chi connectivity index (χ3n) is 5.56. The van der Waals surface area contributed by atoms with E-state index < -0.39 is 28.7 Å². The van der Waals surface area contributed by atoms with Crippen LogP contribution in [0, 0.1) is 12.7 Å². The molecule has 8 nitrogen and oxygen atoms in total. The van der Waals surface area contributed by atoms with Crippen molar-refractivity contribution in [3.05, 3.63) is 92.0 Å². The lowest BCUT2D eigenvalue weighted by atomic mass is 10.1. The summed E-state index contributed by atoms with van der Waals surface area (Å²) in [7, 11) is 1.95. The minimum absolute atomic E-state index is 0.0562. The van der Waals surface area contributed by atoms with Crippen LogP contribution in [0.4, 0.5) is 4.39 Å². The van der Waals surface area contributed by atoms with E-state index in [4.69, 9.17) is 0 Å². The number of hydrogen-bond donors (Lipinski definition) is 0. The smallest absolute Gasteiger partial charge is 0.335 e. The predicted molar refractivity (Wildman–Crippen MR) is 118 cm³/mol. The van der Waals surface area contributed by atoms with E-state index >= 15 is 0 Å². The van der Waals surface area contributed by atoms with E-state index in [0.29, 0.717) is 31.7 Å². The lowest BCUT2D eigenvalue weighted by Gasteiger charge is -2.32. The molecular formula is C23H24FN5O3. The molecule has 1 amide bonds. The second-order valence-corrected chi connectivity index (χ2v) is 7.97. The quantitative estimate of drug-likeness (QED) is 0.614. The Morgan fingerprint density at radius 3 is 2.44 bits per heavy atom. The highest BCUT2D eigenvalue weighted by atomic mass is 19.1. The average Bonchev–Trinajstić information content (AvgIpc) is 2.78. The molecule has 0 spiro atoms. The molecule has 9 heteroatoms. The molecule has 1 aliphatic rings. The fourth-order valence-electron chi connectivity index (χ4n) is 3.72. The summed E-state index contributed by atoms with van der Waals surface area (Å²) < 4.78 is 16.3. The van der Waals surface area contributed by atoms with Crippen LogP contribution in [0.25, 0.3) is 5.69 Å². The summed E-state index contributed by atoms with van der Waals surface area (Å²) in [5, 5.41) is 4.04. The van der Waals surface area contributed by atoms with Crippen molar-refractivity contribution < 1.29 is 9.18 Å². The Hall–Kier alpha value is -3.59. The van der Waals surface area contributed by atoms with E-state index in [2.05, 4.69) is 10.00 Å². The van der Waals surface area contributed by atoms with Gasteiger partial charge in [-0.2, -0.15) is 9.78 Å². The number of carbonyl (C=O) groups is 1. The topological polar surface area (TPSA) is 80.4 Å². The Kier molecular flexibility index (Phi) is 6.00. The molecule has 0 aliphatic carbocycles. The van der Waals surface area contributed by atoms with Gasteiger partial charge in [-0.05, 0) is 31.7 Å². The monoisotopic (exact) mass is 437 g/mol. The number of para-hydroxylation sites is 1. The molecule has 2 aromatic carbocycles. The molecule has 1 aliphatic heterocycles. The van der Waals surface area contributed by atoms with Crippen molar-refractivity contribution in [2.75, 3.05) is 33.2 Å². The van der Waals surface area contributed by atoms with Crippen LogP contribution >= 0.6 is 0 Å². The summed E-state index contributed by atoms with van der Waals surface area (Å²) in [6, 6.07) is 13.0. The van der Waals surface area contributed by atoms with E-state index in [1.54, 1.807) is 12.1 Å². The molecule has 1 saturated heterocycles. The van der Waals surface area contributed by atoms with Crippen LogP contribution in [0.5, 0.6) is 0 Å². The Morgan fingerprint density at radius 2 is 1.75 bits per heavy atom. The molecular weight excluding hydrogens is 413 g/mol. The summed E-state index contributed by atoms with van der Waals surface area (Å²) in [5.74, 6) is -1.24. The molecule has 0 saturated carbocycles. The van der Waals surface area contributed by atoms with Crippen molar-refractivity contribution in [1.29, 1.82) is 0 Å². The molecule has 0 unspecified atom stereocenters. The highest BCUT2D eigenvalue weighted by molar-refractivity contribution is 5.92. The van der Waals surface area contributed by atoms with E-state index in [-0.39, 0.29) is 12.2 Å². The molecule has 2 heterocycles. The number of aryl methyl sites for hydroxylation is 1. The van der Waals surface area contributed by atoms with Gasteiger partial charge in [-0.3, -0.25) is 14.2 Å². The average molecular weight is 437 g/mol. The van der Waals surface area contributed by atoms with E-state index in [1.165, 1.54) is 23.1 Å². The number of carbonyl (C=O) groups excluding carboxylic acids is 1. The first-order valence-electron chi connectivity index (χ1n) is 10.4. The second-order valence-electron chi connectivity index (χ2n) is 7.97. The van der Waals surface area contributed by atoms with Gasteiger partial charge in [-0.15, -0.1) is 0 Å². The number of hydrogen-bond acceptors (Lipinski definition) is 5. The molecule has 0 radical (unpaired) electrons. The van der Waals surface area contributed by atoms with Gasteiger partial charge in [0.1, 0.15) is 11.5 Å². The zero-order valence-corrected chi connectivity index (χ0v) is 18.0. The number of aromatic nitrogens is 3. The third-order valence-corrected chi connectivity index (χ3v) is 5.56. The van der Waals surface area contributed by atoms with Crippen molar-refractivity contribution in [2.45, 2.75) is 13.5 Å². The van der Waals surface area contributed by atoms with Gasteiger partial charge in [0, 0.05) is 26.2 Å². The zero-order chi connectivity index (χ0) is 22.8. The predicted octanol–water partition coefficient (Wildman–Crippen LogP) is 1.28. The van der Waals surface area contributed by atoms with Crippen LogP contribution in [0.2, 0.25) is 0 Å². The normalized spacial score (nSPS) is 14.5. The number of amides is 1. The van der Waals surface area contributed by atoms with Gasteiger partial charge in [-0.1, -0.05) is 42.0 Å². The van der Waals surface area contributed by atoms with Gasteiger partial charge in [0.15, 0.2) is 0 Å². The summed E-state index contributed by atoms with van der Waals surface area (Å²) in [5.41, 5.74) is -0.432. The molecule has 1 aromatic heterocycles. The summed E-state index contributed by atoms with van der Waals surface area (Å²) >= 11 is 0. The fourth-order valence-corrected chi connectivity index (χ4v) is 3.72. The Bertz CT molecular complexity index is 1280. The molecule has 0 N–H and O–H groups in total. The number of halogens is 1. The molecule has 0 atom stereocenters. The van der Waals surface area contributed by atoms with Gasteiger partial charge in [0.2, 0.25) is 5.69 Å². The number of piperazine rings is 1. The van der Waals surface area contributed by atoms with Crippen molar-refractivity contribution in [1.82, 2.24) is 24.1 Å². The number of nitrogens with zero attached hydrogens (tertiary/aromatic N) is 5.